The Balaban J connectivity index is 1.74. The maximum atomic E-state index is 5.71. The summed E-state index contributed by atoms with van der Waals surface area (Å²) in [5.41, 5.74) is 0.909. The summed E-state index contributed by atoms with van der Waals surface area (Å²) in [4.78, 5) is 4.23. The van der Waals surface area contributed by atoms with Crippen molar-refractivity contribution in [1.29, 1.82) is 0 Å². The van der Waals surface area contributed by atoms with E-state index in [1.165, 1.54) is 0 Å². The Kier molecular flexibility index (Phi) is 8.86. The van der Waals surface area contributed by atoms with E-state index in [0.29, 0.717) is 32.3 Å². The Labute approximate surface area is 155 Å². The van der Waals surface area contributed by atoms with Crippen molar-refractivity contribution < 1.29 is 14.2 Å². The summed E-state index contributed by atoms with van der Waals surface area (Å²) in [6, 6.07) is 17.5. The first-order valence-corrected chi connectivity index (χ1v) is 8.69. The van der Waals surface area contributed by atoms with E-state index < -0.39 is 0 Å². The minimum Gasteiger partial charge on any atom is -0.493 e. The monoisotopic (exact) mass is 357 g/mol. The van der Waals surface area contributed by atoms with E-state index in [9.17, 15) is 0 Å². The largest absolute Gasteiger partial charge is 0.493 e. The van der Waals surface area contributed by atoms with Crippen molar-refractivity contribution in [2.24, 2.45) is 4.99 Å². The molecule has 0 aliphatic rings. The summed E-state index contributed by atoms with van der Waals surface area (Å²) in [6.07, 6.45) is 0.860. The lowest BCUT2D eigenvalue weighted by Gasteiger charge is -2.13. The first kappa shape index (κ1) is 19.6. The summed E-state index contributed by atoms with van der Waals surface area (Å²) < 4.78 is 16.4. The second-order valence-corrected chi connectivity index (χ2v) is 5.51. The van der Waals surface area contributed by atoms with Gasteiger partial charge in [0.15, 0.2) is 5.96 Å². The number of nitrogens with zero attached hydrogens (tertiary/aromatic N) is 1. The van der Waals surface area contributed by atoms with E-state index in [1.807, 2.05) is 54.6 Å². The van der Waals surface area contributed by atoms with E-state index in [2.05, 4.69) is 15.6 Å². The molecule has 2 N–H and O–H groups in total. The third kappa shape index (κ3) is 7.44. The summed E-state index contributed by atoms with van der Waals surface area (Å²) in [6.45, 7) is 2.51. The third-order valence-corrected chi connectivity index (χ3v) is 3.49. The molecule has 0 bridgehead atoms. The van der Waals surface area contributed by atoms with Gasteiger partial charge >= 0.3 is 0 Å². The van der Waals surface area contributed by atoms with Crippen LogP contribution in [-0.2, 0) is 4.74 Å². The van der Waals surface area contributed by atoms with Gasteiger partial charge in [0, 0.05) is 38.9 Å². The number of nitrogens with one attached hydrogen (secondary N) is 2. The molecule has 2 aromatic carbocycles. The molecule has 0 saturated heterocycles. The van der Waals surface area contributed by atoms with Crippen LogP contribution >= 0.6 is 0 Å². The van der Waals surface area contributed by atoms with E-state index in [0.717, 1.165) is 23.6 Å². The second-order valence-electron chi connectivity index (χ2n) is 5.51. The molecule has 0 fully saturated rings. The topological polar surface area (TPSA) is 64.1 Å². The molecule has 0 amide bonds. The summed E-state index contributed by atoms with van der Waals surface area (Å²) >= 11 is 0. The summed E-state index contributed by atoms with van der Waals surface area (Å²) in [5, 5.41) is 6.47. The smallest absolute Gasteiger partial charge is 0.195 e. The third-order valence-electron chi connectivity index (χ3n) is 3.49. The van der Waals surface area contributed by atoms with Crippen LogP contribution in [0.5, 0.6) is 11.5 Å². The number of rotatable bonds is 10. The molecule has 2 aromatic rings. The van der Waals surface area contributed by atoms with Crippen LogP contribution < -0.4 is 20.1 Å². The average molecular weight is 357 g/mol. The Morgan fingerprint density at radius 3 is 2.46 bits per heavy atom. The highest BCUT2D eigenvalue weighted by Crippen LogP contribution is 2.17. The van der Waals surface area contributed by atoms with Gasteiger partial charge in [0.2, 0.25) is 0 Å². The van der Waals surface area contributed by atoms with E-state index in [4.69, 9.17) is 14.2 Å². The zero-order chi connectivity index (χ0) is 18.5. The van der Waals surface area contributed by atoms with Crippen LogP contribution in [0, 0.1) is 0 Å². The fraction of sp³-hybridized carbons (Fsp3) is 0.350. The van der Waals surface area contributed by atoms with E-state index in [-0.39, 0.29) is 0 Å². The van der Waals surface area contributed by atoms with Gasteiger partial charge in [-0.2, -0.15) is 0 Å². The molecule has 0 spiro atoms. The molecule has 0 aliphatic heterocycles. The first-order chi connectivity index (χ1) is 12.8. The van der Waals surface area contributed by atoms with Crippen LogP contribution in [0.25, 0.3) is 0 Å². The first-order valence-electron chi connectivity index (χ1n) is 8.69. The van der Waals surface area contributed by atoms with Crippen LogP contribution in [0.2, 0.25) is 0 Å². The van der Waals surface area contributed by atoms with Gasteiger partial charge in [-0.15, -0.1) is 0 Å². The van der Waals surface area contributed by atoms with Crippen molar-refractivity contribution in [3.63, 3.8) is 0 Å². The maximum Gasteiger partial charge on any atom is 0.195 e. The highest BCUT2D eigenvalue weighted by atomic mass is 16.5. The quantitative estimate of drug-likeness (QED) is 0.388. The molecule has 26 heavy (non-hydrogen) atoms. The highest BCUT2D eigenvalue weighted by Gasteiger charge is 2.01. The minimum atomic E-state index is 0.549. The predicted molar refractivity (Wildman–Crippen MR) is 105 cm³/mol. The number of benzene rings is 2. The zero-order valence-corrected chi connectivity index (χ0v) is 15.4. The van der Waals surface area contributed by atoms with Crippen molar-refractivity contribution in [2.45, 2.75) is 6.42 Å². The van der Waals surface area contributed by atoms with Gasteiger partial charge in [-0.25, -0.2) is 0 Å². The van der Waals surface area contributed by atoms with Crippen molar-refractivity contribution in [1.82, 2.24) is 5.32 Å². The summed E-state index contributed by atoms with van der Waals surface area (Å²) in [5.74, 6) is 2.35. The molecule has 140 valence electrons. The van der Waals surface area contributed by atoms with Gasteiger partial charge in [0.1, 0.15) is 18.1 Å². The molecule has 2 rings (SSSR count). The normalized spacial score (nSPS) is 11.1. The predicted octanol–water partition coefficient (Wildman–Crippen LogP) is 3.17. The lowest BCUT2D eigenvalue weighted by atomic mass is 10.3. The van der Waals surface area contributed by atoms with E-state index >= 15 is 0 Å². The van der Waals surface area contributed by atoms with Gasteiger partial charge in [-0.3, -0.25) is 4.99 Å². The van der Waals surface area contributed by atoms with Crippen LogP contribution in [0.4, 0.5) is 5.69 Å². The van der Waals surface area contributed by atoms with Crippen molar-refractivity contribution in [2.75, 3.05) is 45.8 Å². The molecular formula is C20H27N3O3. The SMILES string of the molecule is CN=C(NCCOc1ccccc1)Nc1cccc(OCCCOC)c1. The maximum absolute atomic E-state index is 5.71. The van der Waals surface area contributed by atoms with Crippen molar-refractivity contribution >= 4 is 11.6 Å². The number of guanidine groups is 1. The Hall–Kier alpha value is -2.73. The van der Waals surface area contributed by atoms with Gasteiger partial charge < -0.3 is 24.8 Å². The molecule has 0 unspecified atom stereocenters. The number of para-hydroxylation sites is 1. The molecule has 0 atom stereocenters. The lowest BCUT2D eigenvalue weighted by Crippen LogP contribution is -2.33. The second kappa shape index (κ2) is 11.8. The van der Waals surface area contributed by atoms with Gasteiger partial charge in [-0.05, 0) is 24.3 Å². The Morgan fingerprint density at radius 2 is 1.69 bits per heavy atom. The molecule has 0 aliphatic carbocycles. The molecule has 6 heteroatoms. The number of methoxy groups -OCH3 is 1. The molecule has 0 radical (unpaired) electrons. The minimum absolute atomic E-state index is 0.549. The molecular weight excluding hydrogens is 330 g/mol. The van der Waals surface area contributed by atoms with Crippen LogP contribution in [0.3, 0.4) is 0 Å². The van der Waals surface area contributed by atoms with Gasteiger partial charge in [0.25, 0.3) is 0 Å². The number of hydrogen-bond donors (Lipinski definition) is 2. The average Bonchev–Trinajstić information content (AvgIpc) is 2.69. The van der Waals surface area contributed by atoms with Crippen LogP contribution in [-0.4, -0.2) is 46.5 Å². The fourth-order valence-corrected chi connectivity index (χ4v) is 2.23. The van der Waals surface area contributed by atoms with Crippen molar-refractivity contribution in [3.8, 4) is 11.5 Å². The van der Waals surface area contributed by atoms with Crippen molar-refractivity contribution in [3.05, 3.63) is 54.6 Å². The highest BCUT2D eigenvalue weighted by molar-refractivity contribution is 5.93. The summed E-state index contributed by atoms with van der Waals surface area (Å²) in [7, 11) is 3.42. The lowest BCUT2D eigenvalue weighted by molar-refractivity contribution is 0.172. The molecule has 0 aromatic heterocycles. The number of hydrogen-bond acceptors (Lipinski definition) is 4. The molecule has 6 nitrogen and oxygen atoms in total. The Bertz CT molecular complexity index is 662. The fourth-order valence-electron chi connectivity index (χ4n) is 2.23. The molecule has 0 saturated carbocycles. The molecule has 0 heterocycles. The number of aliphatic imine (C=N–C) groups is 1. The Morgan fingerprint density at radius 1 is 0.923 bits per heavy atom. The number of anilines is 1. The standard InChI is InChI=1S/C20H27N3O3/c1-21-20(22-12-15-26-18-9-4-3-5-10-18)23-17-8-6-11-19(16-17)25-14-7-13-24-2/h3-6,8-11,16H,7,12-15H2,1-2H3,(H2,21,22,23). The zero-order valence-electron chi connectivity index (χ0n) is 15.4. The van der Waals surface area contributed by atoms with Crippen LogP contribution in [0.1, 0.15) is 6.42 Å². The van der Waals surface area contributed by atoms with Gasteiger partial charge in [-0.1, -0.05) is 24.3 Å². The number of ether oxygens (including phenoxy) is 3. The van der Waals surface area contributed by atoms with Gasteiger partial charge in [0.05, 0.1) is 13.2 Å². The van der Waals surface area contributed by atoms with Crippen LogP contribution in [0.15, 0.2) is 59.6 Å². The van der Waals surface area contributed by atoms with E-state index in [1.54, 1.807) is 14.2 Å².